The van der Waals surface area contributed by atoms with Gasteiger partial charge in [-0.2, -0.15) is 0 Å². The van der Waals surface area contributed by atoms with Crippen molar-refractivity contribution in [3.63, 3.8) is 0 Å². The lowest BCUT2D eigenvalue weighted by Gasteiger charge is -2.25. The van der Waals surface area contributed by atoms with Crippen molar-refractivity contribution in [2.24, 2.45) is 5.92 Å². The second kappa shape index (κ2) is 5.95. The highest BCUT2D eigenvalue weighted by molar-refractivity contribution is 7.14. The van der Waals surface area contributed by atoms with Gasteiger partial charge < -0.3 is 5.32 Å². The van der Waals surface area contributed by atoms with E-state index in [2.05, 4.69) is 10.3 Å². The Bertz CT molecular complexity index is 442. The number of nitrogens with one attached hydrogen (secondary N) is 1. The lowest BCUT2D eigenvalue weighted by molar-refractivity contribution is -0.127. The van der Waals surface area contributed by atoms with Gasteiger partial charge in [-0.1, -0.05) is 13.8 Å². The number of nitrogens with zero attached hydrogens (tertiary/aromatic N) is 2. The molecular formula is C12H19N3O2S. The largest absolute Gasteiger partial charge is 0.344 e. The van der Waals surface area contributed by atoms with E-state index in [0.29, 0.717) is 5.13 Å². The Morgan fingerprint density at radius 3 is 2.44 bits per heavy atom. The first-order valence-electron chi connectivity index (χ1n) is 5.79. The molecule has 0 radical (unpaired) electrons. The Morgan fingerprint density at radius 1 is 1.44 bits per heavy atom. The summed E-state index contributed by atoms with van der Waals surface area (Å²) < 4.78 is 0. The van der Waals surface area contributed by atoms with E-state index in [9.17, 15) is 9.59 Å². The summed E-state index contributed by atoms with van der Waals surface area (Å²) in [6.07, 6.45) is 0. The summed E-state index contributed by atoms with van der Waals surface area (Å²) in [6, 6.07) is -0.517. The number of hydrogen-bond acceptors (Lipinski definition) is 4. The van der Waals surface area contributed by atoms with Crippen molar-refractivity contribution in [1.82, 2.24) is 10.3 Å². The predicted molar refractivity (Wildman–Crippen MR) is 72.7 cm³/mol. The molecule has 6 heteroatoms. The molecule has 1 aromatic heterocycles. The number of carbonyl (C=O) groups is 2. The van der Waals surface area contributed by atoms with Crippen molar-refractivity contribution < 1.29 is 9.59 Å². The summed E-state index contributed by atoms with van der Waals surface area (Å²) in [4.78, 5) is 29.2. The van der Waals surface area contributed by atoms with Crippen molar-refractivity contribution in [2.45, 2.75) is 33.7 Å². The molecule has 0 aliphatic carbocycles. The fourth-order valence-corrected chi connectivity index (χ4v) is 2.30. The van der Waals surface area contributed by atoms with Crippen molar-refractivity contribution in [3.05, 3.63) is 11.1 Å². The van der Waals surface area contributed by atoms with Crippen molar-refractivity contribution >= 4 is 28.3 Å². The third-order valence-corrected chi connectivity index (χ3v) is 3.55. The minimum absolute atomic E-state index is 0.0323. The highest BCUT2D eigenvalue weighted by Crippen LogP contribution is 2.20. The zero-order chi connectivity index (χ0) is 13.9. The molecule has 100 valence electrons. The van der Waals surface area contributed by atoms with Crippen molar-refractivity contribution in [3.8, 4) is 0 Å². The molecule has 0 fully saturated rings. The van der Waals surface area contributed by atoms with Gasteiger partial charge in [0.1, 0.15) is 6.04 Å². The van der Waals surface area contributed by atoms with Crippen LogP contribution in [0.25, 0.3) is 0 Å². The molecular weight excluding hydrogens is 250 g/mol. The maximum absolute atomic E-state index is 12.3. The van der Waals surface area contributed by atoms with E-state index in [4.69, 9.17) is 0 Å². The molecule has 0 saturated carbocycles. The van der Waals surface area contributed by atoms with Gasteiger partial charge in [0.05, 0.1) is 5.69 Å². The lowest BCUT2D eigenvalue weighted by atomic mass is 10.0. The van der Waals surface area contributed by atoms with Gasteiger partial charge >= 0.3 is 0 Å². The van der Waals surface area contributed by atoms with Crippen molar-refractivity contribution in [2.75, 3.05) is 11.9 Å². The molecule has 0 aliphatic rings. The molecule has 2 amide bonds. The summed E-state index contributed by atoms with van der Waals surface area (Å²) in [5.41, 5.74) is 0.885. The fourth-order valence-electron chi connectivity index (χ4n) is 1.53. The highest BCUT2D eigenvalue weighted by Gasteiger charge is 2.27. The Kier molecular flexibility index (Phi) is 4.84. The van der Waals surface area contributed by atoms with Crippen LogP contribution in [0, 0.1) is 12.8 Å². The van der Waals surface area contributed by atoms with Crippen LogP contribution < -0.4 is 10.2 Å². The minimum atomic E-state index is -0.517. The van der Waals surface area contributed by atoms with Gasteiger partial charge in [-0.15, -0.1) is 11.3 Å². The summed E-state index contributed by atoms with van der Waals surface area (Å²) in [5, 5.41) is 5.22. The lowest BCUT2D eigenvalue weighted by Crippen LogP contribution is -2.49. The zero-order valence-corrected chi connectivity index (χ0v) is 12.2. The van der Waals surface area contributed by atoms with E-state index in [1.807, 2.05) is 26.2 Å². The van der Waals surface area contributed by atoms with Crippen LogP contribution in [-0.4, -0.2) is 29.9 Å². The van der Waals surface area contributed by atoms with Crippen LogP contribution in [0.2, 0.25) is 0 Å². The number of likely N-dealkylation sites (N-methyl/N-ethyl adjacent to an activating group) is 1. The van der Waals surface area contributed by atoms with Crippen LogP contribution in [0.15, 0.2) is 5.38 Å². The topological polar surface area (TPSA) is 62.3 Å². The number of hydrogen-bond donors (Lipinski definition) is 1. The van der Waals surface area contributed by atoms with Crippen LogP contribution >= 0.6 is 11.3 Å². The Morgan fingerprint density at radius 2 is 2.06 bits per heavy atom. The van der Waals surface area contributed by atoms with Gasteiger partial charge in [0.15, 0.2) is 5.13 Å². The molecule has 1 N–H and O–H groups in total. The smallest absolute Gasteiger partial charge is 0.251 e. The molecule has 1 rings (SSSR count). The molecule has 5 nitrogen and oxygen atoms in total. The molecule has 0 unspecified atom stereocenters. The summed E-state index contributed by atoms with van der Waals surface area (Å²) in [7, 11) is 1.68. The second-order valence-electron chi connectivity index (χ2n) is 4.59. The maximum atomic E-state index is 12.3. The molecule has 0 aromatic carbocycles. The third kappa shape index (κ3) is 3.53. The molecule has 18 heavy (non-hydrogen) atoms. The monoisotopic (exact) mass is 269 g/mol. The number of rotatable bonds is 4. The summed E-state index contributed by atoms with van der Waals surface area (Å²) in [5.74, 6) is -0.315. The van der Waals surface area contributed by atoms with E-state index in [0.717, 1.165) is 5.69 Å². The van der Waals surface area contributed by atoms with Gasteiger partial charge in [-0.25, -0.2) is 4.98 Å². The minimum Gasteiger partial charge on any atom is -0.344 e. The SMILES string of the molecule is CC(=O)N[C@@H](C(=O)N(C)c1nc(C)cs1)C(C)C. The number of thiazole rings is 1. The van der Waals surface area contributed by atoms with Gasteiger partial charge in [0.25, 0.3) is 5.91 Å². The predicted octanol–water partition coefficient (Wildman–Crippen LogP) is 1.58. The van der Waals surface area contributed by atoms with Crippen LogP contribution in [0.4, 0.5) is 5.13 Å². The molecule has 1 aromatic rings. The number of amides is 2. The fraction of sp³-hybridized carbons (Fsp3) is 0.583. The molecule has 0 spiro atoms. The maximum Gasteiger partial charge on any atom is 0.251 e. The van der Waals surface area contributed by atoms with Crippen LogP contribution in [0.1, 0.15) is 26.5 Å². The average molecular weight is 269 g/mol. The molecule has 0 bridgehead atoms. The first kappa shape index (κ1) is 14.6. The van der Waals surface area contributed by atoms with E-state index in [-0.39, 0.29) is 17.7 Å². The van der Waals surface area contributed by atoms with E-state index >= 15 is 0 Å². The number of aromatic nitrogens is 1. The number of anilines is 1. The highest BCUT2D eigenvalue weighted by atomic mass is 32.1. The Hall–Kier alpha value is -1.43. The van der Waals surface area contributed by atoms with Gasteiger partial charge in [0, 0.05) is 19.4 Å². The molecule has 0 saturated heterocycles. The average Bonchev–Trinajstić information content (AvgIpc) is 2.70. The van der Waals surface area contributed by atoms with E-state index in [1.165, 1.54) is 23.2 Å². The first-order chi connectivity index (χ1) is 8.32. The zero-order valence-electron chi connectivity index (χ0n) is 11.4. The molecule has 1 atom stereocenters. The molecule has 1 heterocycles. The third-order valence-electron chi connectivity index (χ3n) is 2.52. The van der Waals surface area contributed by atoms with Crippen molar-refractivity contribution in [1.29, 1.82) is 0 Å². The summed E-state index contributed by atoms with van der Waals surface area (Å²) in [6.45, 7) is 7.10. The quantitative estimate of drug-likeness (QED) is 0.902. The van der Waals surface area contributed by atoms with E-state index < -0.39 is 6.04 Å². The Labute approximate surface area is 111 Å². The second-order valence-corrected chi connectivity index (χ2v) is 5.43. The Balaban J connectivity index is 2.85. The van der Waals surface area contributed by atoms with Crippen LogP contribution in [-0.2, 0) is 9.59 Å². The van der Waals surface area contributed by atoms with Gasteiger partial charge in [0.2, 0.25) is 5.91 Å². The number of aryl methyl sites for hydroxylation is 1. The first-order valence-corrected chi connectivity index (χ1v) is 6.67. The van der Waals surface area contributed by atoms with Gasteiger partial charge in [-0.3, -0.25) is 14.5 Å². The standard InChI is InChI=1S/C12H19N3O2S/c1-7(2)10(14-9(4)16)11(17)15(5)12-13-8(3)6-18-12/h6-7,10H,1-5H3,(H,14,16)/t10-/m1/s1. The van der Waals surface area contributed by atoms with E-state index in [1.54, 1.807) is 7.05 Å². The number of carbonyl (C=O) groups excluding carboxylic acids is 2. The van der Waals surface area contributed by atoms with Gasteiger partial charge in [-0.05, 0) is 12.8 Å². The molecule has 0 aliphatic heterocycles. The van der Waals surface area contributed by atoms with Crippen LogP contribution in [0.5, 0.6) is 0 Å². The van der Waals surface area contributed by atoms with Crippen LogP contribution in [0.3, 0.4) is 0 Å². The summed E-state index contributed by atoms with van der Waals surface area (Å²) >= 11 is 1.42. The normalized spacial score (nSPS) is 12.3.